The predicted octanol–water partition coefficient (Wildman–Crippen LogP) is 20.3. The summed E-state index contributed by atoms with van der Waals surface area (Å²) in [6.07, 6.45) is 77.2. The number of unbranched alkanes of at least 4 members (excludes halogenated alkanes) is 29. The fourth-order valence-electron chi connectivity index (χ4n) is 8.28. The van der Waals surface area contributed by atoms with Gasteiger partial charge in [0.25, 0.3) is 0 Å². The van der Waals surface area contributed by atoms with Gasteiger partial charge in [0.15, 0.2) is 6.10 Å². The zero-order valence-electron chi connectivity index (χ0n) is 46.7. The lowest BCUT2D eigenvalue weighted by atomic mass is 10.1. The van der Waals surface area contributed by atoms with E-state index < -0.39 is 6.10 Å². The standard InChI is InChI=1S/C65H112O6/c1-4-7-10-13-16-19-22-25-28-31-32-35-37-40-43-46-49-52-55-58-64(67)70-61-62(71-65(68)59-56-53-50-47-44-41-38-34-30-27-24-21-18-15-12-9-6-3)60-69-63(66)57-54-51-48-45-42-39-36-33-29-26-23-20-17-14-11-8-5-2/h16,18-19,21,25-30,38,41,47,50,62H,4-15,17,20,22-24,31-37,39-40,42-46,48-49,51-61H2,1-3H3/b19-16+,21-18+,28-25+,29-26+,30-27+,41-38+,50-47+/t62-/m1/s1. The van der Waals surface area contributed by atoms with Gasteiger partial charge in [-0.15, -0.1) is 0 Å². The lowest BCUT2D eigenvalue weighted by molar-refractivity contribution is -0.167. The third-order valence-corrected chi connectivity index (χ3v) is 12.8. The number of carbonyl (C=O) groups is 3. The normalized spacial score (nSPS) is 12.7. The molecule has 71 heavy (non-hydrogen) atoms. The van der Waals surface area contributed by atoms with E-state index in [1.807, 2.05) is 0 Å². The number of hydrogen-bond acceptors (Lipinski definition) is 6. The van der Waals surface area contributed by atoms with Crippen molar-refractivity contribution in [3.8, 4) is 0 Å². The van der Waals surface area contributed by atoms with Gasteiger partial charge in [-0.1, -0.05) is 241 Å². The second-order valence-corrected chi connectivity index (χ2v) is 19.9. The van der Waals surface area contributed by atoms with Gasteiger partial charge in [0.2, 0.25) is 0 Å². The van der Waals surface area contributed by atoms with Crippen LogP contribution >= 0.6 is 0 Å². The summed E-state index contributed by atoms with van der Waals surface area (Å²) in [5, 5.41) is 0. The monoisotopic (exact) mass is 989 g/mol. The summed E-state index contributed by atoms with van der Waals surface area (Å²) < 4.78 is 16.8. The molecule has 0 amide bonds. The van der Waals surface area contributed by atoms with Crippen molar-refractivity contribution in [3.63, 3.8) is 0 Å². The Balaban J connectivity index is 4.46. The van der Waals surface area contributed by atoms with Gasteiger partial charge < -0.3 is 14.2 Å². The van der Waals surface area contributed by atoms with E-state index in [2.05, 4.69) is 106 Å². The largest absolute Gasteiger partial charge is 0.462 e. The van der Waals surface area contributed by atoms with Gasteiger partial charge in [-0.3, -0.25) is 14.4 Å². The molecule has 0 aliphatic heterocycles. The Hall–Kier alpha value is -3.41. The lowest BCUT2D eigenvalue weighted by Crippen LogP contribution is -2.30. The van der Waals surface area contributed by atoms with E-state index in [0.29, 0.717) is 19.3 Å². The van der Waals surface area contributed by atoms with Crippen LogP contribution in [-0.2, 0) is 28.6 Å². The molecule has 0 spiro atoms. The average molecular weight is 990 g/mol. The molecule has 408 valence electrons. The Morgan fingerprint density at radius 3 is 0.873 bits per heavy atom. The highest BCUT2D eigenvalue weighted by Crippen LogP contribution is 2.15. The van der Waals surface area contributed by atoms with Gasteiger partial charge in [-0.05, 0) is 116 Å². The molecule has 0 N–H and O–H groups in total. The number of esters is 3. The van der Waals surface area contributed by atoms with E-state index in [9.17, 15) is 14.4 Å². The molecule has 0 fully saturated rings. The van der Waals surface area contributed by atoms with E-state index in [1.165, 1.54) is 173 Å². The topological polar surface area (TPSA) is 78.9 Å². The smallest absolute Gasteiger partial charge is 0.306 e. The molecule has 0 aliphatic rings. The maximum Gasteiger partial charge on any atom is 0.306 e. The van der Waals surface area contributed by atoms with E-state index in [-0.39, 0.29) is 37.5 Å². The average Bonchev–Trinajstić information content (AvgIpc) is 3.37. The number of carbonyl (C=O) groups excluding carboxylic acids is 3. The summed E-state index contributed by atoms with van der Waals surface area (Å²) in [5.41, 5.74) is 0. The van der Waals surface area contributed by atoms with Crippen LogP contribution in [0.15, 0.2) is 85.1 Å². The zero-order valence-corrected chi connectivity index (χ0v) is 46.7. The number of rotatable bonds is 54. The summed E-state index contributed by atoms with van der Waals surface area (Å²) in [5.74, 6) is -0.958. The predicted molar refractivity (Wildman–Crippen MR) is 307 cm³/mol. The minimum absolute atomic E-state index is 0.101. The van der Waals surface area contributed by atoms with E-state index in [4.69, 9.17) is 14.2 Å². The number of ether oxygens (including phenoxy) is 3. The molecule has 1 atom stereocenters. The second kappa shape index (κ2) is 59.2. The zero-order chi connectivity index (χ0) is 51.4. The van der Waals surface area contributed by atoms with Gasteiger partial charge in [0, 0.05) is 19.3 Å². The van der Waals surface area contributed by atoms with Gasteiger partial charge in [-0.25, -0.2) is 0 Å². The van der Waals surface area contributed by atoms with Gasteiger partial charge in [0.1, 0.15) is 13.2 Å². The Labute approximate surface area is 439 Å². The van der Waals surface area contributed by atoms with E-state index in [1.54, 1.807) is 0 Å². The minimum Gasteiger partial charge on any atom is -0.462 e. The Morgan fingerprint density at radius 2 is 0.521 bits per heavy atom. The van der Waals surface area contributed by atoms with Crippen LogP contribution in [0.5, 0.6) is 0 Å². The summed E-state index contributed by atoms with van der Waals surface area (Å²) in [6, 6.07) is 0. The first-order valence-electron chi connectivity index (χ1n) is 30.1. The molecule has 0 unspecified atom stereocenters. The summed E-state index contributed by atoms with van der Waals surface area (Å²) >= 11 is 0. The third kappa shape index (κ3) is 57.4. The second-order valence-electron chi connectivity index (χ2n) is 19.9. The third-order valence-electron chi connectivity index (χ3n) is 12.8. The lowest BCUT2D eigenvalue weighted by Gasteiger charge is -2.18. The molecule has 0 aromatic rings. The molecular formula is C65H112O6. The molecule has 0 heterocycles. The first-order chi connectivity index (χ1) is 35.0. The fourth-order valence-corrected chi connectivity index (χ4v) is 8.28. The highest BCUT2D eigenvalue weighted by molar-refractivity contribution is 5.71. The van der Waals surface area contributed by atoms with Gasteiger partial charge in [0.05, 0.1) is 0 Å². The minimum atomic E-state index is -0.810. The molecule has 0 aromatic heterocycles. The van der Waals surface area contributed by atoms with E-state index in [0.717, 1.165) is 70.6 Å². The molecule has 0 aromatic carbocycles. The summed E-state index contributed by atoms with van der Waals surface area (Å²) in [6.45, 7) is 6.55. The molecule has 0 radical (unpaired) electrons. The maximum absolute atomic E-state index is 12.9. The van der Waals surface area contributed by atoms with Crippen LogP contribution in [0.2, 0.25) is 0 Å². The van der Waals surface area contributed by atoms with Gasteiger partial charge in [-0.2, -0.15) is 0 Å². The molecule has 0 saturated carbocycles. The Kier molecular flexibility index (Phi) is 56.3. The number of hydrogen-bond donors (Lipinski definition) is 0. The van der Waals surface area contributed by atoms with Crippen LogP contribution < -0.4 is 0 Å². The van der Waals surface area contributed by atoms with Crippen molar-refractivity contribution in [2.75, 3.05) is 13.2 Å². The molecule has 6 nitrogen and oxygen atoms in total. The van der Waals surface area contributed by atoms with Crippen LogP contribution in [-0.4, -0.2) is 37.2 Å². The van der Waals surface area contributed by atoms with Crippen molar-refractivity contribution in [1.29, 1.82) is 0 Å². The SMILES string of the molecule is CCCCC/C=C/C/C=C/C/C=C/C/C=C/CCCC(=O)O[C@H](COC(=O)CCCCCCCCC/C=C/CCCCCCCC)COC(=O)CCCCCCCCCCC/C=C/C/C=C/CCCCC. The molecular weight excluding hydrogens is 877 g/mol. The number of allylic oxidation sites excluding steroid dienone is 14. The Morgan fingerprint density at radius 1 is 0.282 bits per heavy atom. The molecule has 0 rings (SSSR count). The molecule has 0 bridgehead atoms. The quantitative estimate of drug-likeness (QED) is 0.0261. The molecule has 0 saturated heterocycles. The van der Waals surface area contributed by atoms with Crippen LogP contribution in [0.4, 0.5) is 0 Å². The van der Waals surface area contributed by atoms with Crippen molar-refractivity contribution in [2.45, 2.75) is 297 Å². The molecule has 0 aliphatic carbocycles. The van der Waals surface area contributed by atoms with Crippen molar-refractivity contribution >= 4 is 17.9 Å². The first kappa shape index (κ1) is 67.6. The van der Waals surface area contributed by atoms with Crippen LogP contribution in [0.1, 0.15) is 290 Å². The van der Waals surface area contributed by atoms with Crippen LogP contribution in [0, 0.1) is 0 Å². The highest BCUT2D eigenvalue weighted by atomic mass is 16.6. The maximum atomic E-state index is 12.9. The van der Waals surface area contributed by atoms with Crippen molar-refractivity contribution in [2.24, 2.45) is 0 Å². The van der Waals surface area contributed by atoms with E-state index >= 15 is 0 Å². The summed E-state index contributed by atoms with van der Waals surface area (Å²) in [4.78, 5) is 38.2. The first-order valence-corrected chi connectivity index (χ1v) is 30.1. The van der Waals surface area contributed by atoms with Crippen LogP contribution in [0.25, 0.3) is 0 Å². The van der Waals surface area contributed by atoms with Crippen molar-refractivity contribution in [1.82, 2.24) is 0 Å². The van der Waals surface area contributed by atoms with Gasteiger partial charge >= 0.3 is 17.9 Å². The van der Waals surface area contributed by atoms with Crippen LogP contribution in [0.3, 0.4) is 0 Å². The highest BCUT2D eigenvalue weighted by Gasteiger charge is 2.19. The summed E-state index contributed by atoms with van der Waals surface area (Å²) in [7, 11) is 0. The Bertz CT molecular complexity index is 1370. The van der Waals surface area contributed by atoms with Crippen molar-refractivity contribution < 1.29 is 28.6 Å². The fraction of sp³-hybridized carbons (Fsp3) is 0.738. The molecule has 6 heteroatoms. The van der Waals surface area contributed by atoms with Crippen molar-refractivity contribution in [3.05, 3.63) is 85.1 Å².